The summed E-state index contributed by atoms with van der Waals surface area (Å²) >= 11 is 1.02. The summed E-state index contributed by atoms with van der Waals surface area (Å²) in [6.07, 6.45) is 0.969. The van der Waals surface area contributed by atoms with Gasteiger partial charge in [-0.15, -0.1) is 0 Å². The number of nitrogens with zero attached hydrogens (tertiary/aromatic N) is 2. The fraction of sp³-hybridized carbons (Fsp3) is 0.125. The van der Waals surface area contributed by atoms with Crippen LogP contribution in [0.3, 0.4) is 0 Å². The quantitative estimate of drug-likeness (QED) is 0.598. The summed E-state index contributed by atoms with van der Waals surface area (Å²) in [6, 6.07) is 11.1. The van der Waals surface area contributed by atoms with E-state index in [9.17, 15) is 18.0 Å². The zero-order valence-electron chi connectivity index (χ0n) is 14.0. The second-order valence-electron chi connectivity index (χ2n) is 5.48. The lowest BCUT2D eigenvalue weighted by atomic mass is 10.2. The molecule has 27 heavy (non-hydrogen) atoms. The molecular weight excluding hydrogens is 392 g/mol. The van der Waals surface area contributed by atoms with Crippen LogP contribution in [0, 0.1) is 0 Å². The monoisotopic (exact) mass is 406 g/mol. The number of sulfonamides is 1. The van der Waals surface area contributed by atoms with Crippen molar-refractivity contribution in [3.05, 3.63) is 48.0 Å². The smallest absolute Gasteiger partial charge is 0.340 e. The highest BCUT2D eigenvalue weighted by atomic mass is 32.2. The summed E-state index contributed by atoms with van der Waals surface area (Å²) in [4.78, 5) is 24.3. The number of carbonyl (C=O) groups excluding carboxylic acids is 2. The van der Waals surface area contributed by atoms with Gasteiger partial charge in [0.1, 0.15) is 11.0 Å². The van der Waals surface area contributed by atoms with Gasteiger partial charge in [0.05, 0.1) is 34.9 Å². The van der Waals surface area contributed by atoms with Crippen LogP contribution in [0.2, 0.25) is 0 Å². The molecule has 0 aliphatic rings. The van der Waals surface area contributed by atoms with Gasteiger partial charge >= 0.3 is 5.97 Å². The third-order valence-electron chi connectivity index (χ3n) is 3.34. The van der Waals surface area contributed by atoms with Gasteiger partial charge in [0, 0.05) is 0 Å². The summed E-state index contributed by atoms with van der Waals surface area (Å²) in [6.45, 7) is -0.542. The molecule has 0 saturated heterocycles. The molecule has 1 aromatic heterocycles. The van der Waals surface area contributed by atoms with Crippen molar-refractivity contribution in [3.63, 3.8) is 0 Å². The van der Waals surface area contributed by atoms with E-state index in [0.717, 1.165) is 18.0 Å². The normalized spacial score (nSPS) is 11.1. The Balaban J connectivity index is 1.66. The molecule has 0 unspecified atom stereocenters. The molecule has 3 rings (SSSR count). The molecule has 0 bridgehead atoms. The number of amides is 1. The fourth-order valence-corrected chi connectivity index (χ4v) is 3.38. The molecule has 0 aliphatic heterocycles. The number of hydrogen-bond donors (Lipinski definition) is 2. The Bertz CT molecular complexity index is 1110. The van der Waals surface area contributed by atoms with Gasteiger partial charge in [0.25, 0.3) is 5.91 Å². The summed E-state index contributed by atoms with van der Waals surface area (Å²) in [5, 5.41) is 2.61. The Hall–Kier alpha value is -3.05. The fourth-order valence-electron chi connectivity index (χ4n) is 2.25. The lowest BCUT2D eigenvalue weighted by molar-refractivity contribution is -0.119. The Labute approximate surface area is 158 Å². The summed E-state index contributed by atoms with van der Waals surface area (Å²) in [5.41, 5.74) is 1.73. The van der Waals surface area contributed by atoms with Gasteiger partial charge in [-0.1, -0.05) is 18.2 Å². The van der Waals surface area contributed by atoms with Crippen LogP contribution in [0.5, 0.6) is 0 Å². The number of fused-ring (bicyclic) bond motifs is 1. The van der Waals surface area contributed by atoms with E-state index in [2.05, 4.69) is 18.8 Å². The lowest BCUT2D eigenvalue weighted by Gasteiger charge is -2.10. The van der Waals surface area contributed by atoms with Crippen molar-refractivity contribution in [1.82, 2.24) is 8.75 Å². The topological polar surface area (TPSA) is 127 Å². The van der Waals surface area contributed by atoms with E-state index in [1.54, 1.807) is 30.3 Å². The van der Waals surface area contributed by atoms with Crippen molar-refractivity contribution in [1.29, 1.82) is 0 Å². The van der Waals surface area contributed by atoms with Gasteiger partial charge in [-0.3, -0.25) is 9.52 Å². The molecule has 0 radical (unpaired) electrons. The largest absolute Gasteiger partial charge is 0.452 e. The highest BCUT2D eigenvalue weighted by molar-refractivity contribution is 7.92. The highest BCUT2D eigenvalue weighted by Gasteiger charge is 2.17. The Morgan fingerprint density at radius 2 is 1.81 bits per heavy atom. The summed E-state index contributed by atoms with van der Waals surface area (Å²) in [7, 11) is -3.57. The third-order valence-corrected chi connectivity index (χ3v) is 4.47. The molecule has 0 atom stereocenters. The predicted molar refractivity (Wildman–Crippen MR) is 101 cm³/mol. The minimum absolute atomic E-state index is 0.00141. The number of para-hydroxylation sites is 1. The number of esters is 1. The molecule has 2 aromatic carbocycles. The number of nitrogens with one attached hydrogen (secondary N) is 2. The Kier molecular flexibility index (Phi) is 5.33. The van der Waals surface area contributed by atoms with Crippen LogP contribution in [-0.2, 0) is 19.6 Å². The SMILES string of the molecule is CS(=O)(=O)Nc1ccccc1C(=O)OCC(=O)Nc1cccc2nsnc12. The van der Waals surface area contributed by atoms with Crippen molar-refractivity contribution in [2.45, 2.75) is 0 Å². The molecule has 3 aromatic rings. The van der Waals surface area contributed by atoms with Crippen LogP contribution in [-0.4, -0.2) is 41.9 Å². The average Bonchev–Trinajstić information content (AvgIpc) is 3.08. The molecule has 0 fully saturated rings. The van der Waals surface area contributed by atoms with Crippen molar-refractivity contribution < 1.29 is 22.7 Å². The molecule has 0 saturated carbocycles. The van der Waals surface area contributed by atoms with E-state index >= 15 is 0 Å². The first-order valence-corrected chi connectivity index (χ1v) is 10.2. The number of carbonyl (C=O) groups is 2. The maximum Gasteiger partial charge on any atom is 0.340 e. The molecule has 9 nitrogen and oxygen atoms in total. The van der Waals surface area contributed by atoms with Crippen LogP contribution < -0.4 is 10.0 Å². The number of aromatic nitrogens is 2. The molecule has 1 heterocycles. The number of rotatable bonds is 6. The first-order chi connectivity index (χ1) is 12.8. The zero-order valence-corrected chi connectivity index (χ0v) is 15.6. The van der Waals surface area contributed by atoms with E-state index < -0.39 is 28.5 Å². The second-order valence-corrected chi connectivity index (χ2v) is 7.76. The molecule has 140 valence electrons. The number of benzene rings is 2. The van der Waals surface area contributed by atoms with Crippen LogP contribution in [0.4, 0.5) is 11.4 Å². The van der Waals surface area contributed by atoms with Gasteiger partial charge < -0.3 is 10.1 Å². The van der Waals surface area contributed by atoms with Gasteiger partial charge in [-0.2, -0.15) is 8.75 Å². The van der Waals surface area contributed by atoms with E-state index in [-0.39, 0.29) is 11.3 Å². The molecule has 1 amide bonds. The van der Waals surface area contributed by atoms with E-state index in [0.29, 0.717) is 16.7 Å². The second kappa shape index (κ2) is 7.68. The van der Waals surface area contributed by atoms with Crippen molar-refractivity contribution in [3.8, 4) is 0 Å². The first kappa shape index (κ1) is 18.7. The average molecular weight is 406 g/mol. The van der Waals surface area contributed by atoms with Crippen LogP contribution in [0.1, 0.15) is 10.4 Å². The van der Waals surface area contributed by atoms with E-state index in [1.165, 1.54) is 12.1 Å². The predicted octanol–water partition coefficient (Wildman–Crippen LogP) is 1.86. The van der Waals surface area contributed by atoms with Crippen molar-refractivity contribution >= 4 is 56.0 Å². The molecule has 2 N–H and O–H groups in total. The standard InChI is InChI=1S/C16H14N4O5S2/c1-27(23,24)20-11-6-3-2-5-10(11)16(22)25-9-14(21)17-12-7-4-8-13-15(12)19-26-18-13/h2-8,20H,9H2,1H3,(H,17,21). The van der Waals surface area contributed by atoms with Crippen LogP contribution in [0.15, 0.2) is 42.5 Å². The highest BCUT2D eigenvalue weighted by Crippen LogP contribution is 2.21. The van der Waals surface area contributed by atoms with Gasteiger partial charge in [-0.05, 0) is 24.3 Å². The summed E-state index contributed by atoms with van der Waals surface area (Å²) in [5.74, 6) is -1.39. The first-order valence-electron chi connectivity index (χ1n) is 7.58. The number of ether oxygens (including phenoxy) is 1. The minimum atomic E-state index is -3.57. The number of hydrogen-bond acceptors (Lipinski definition) is 8. The van der Waals surface area contributed by atoms with Gasteiger partial charge in [-0.25, -0.2) is 13.2 Å². The third kappa shape index (κ3) is 4.77. The Morgan fingerprint density at radius 1 is 1.07 bits per heavy atom. The van der Waals surface area contributed by atoms with Crippen LogP contribution in [0.25, 0.3) is 11.0 Å². The van der Waals surface area contributed by atoms with Crippen LogP contribution >= 0.6 is 11.7 Å². The maximum absolute atomic E-state index is 12.2. The molecule has 11 heteroatoms. The van der Waals surface area contributed by atoms with Gasteiger partial charge in [0.15, 0.2) is 6.61 Å². The summed E-state index contributed by atoms with van der Waals surface area (Å²) < 4.78 is 38.2. The van der Waals surface area contributed by atoms with Gasteiger partial charge in [0.2, 0.25) is 10.0 Å². The van der Waals surface area contributed by atoms with Crippen molar-refractivity contribution in [2.24, 2.45) is 0 Å². The number of anilines is 2. The maximum atomic E-state index is 12.2. The van der Waals surface area contributed by atoms with E-state index in [1.807, 2.05) is 0 Å². The van der Waals surface area contributed by atoms with Crippen molar-refractivity contribution in [2.75, 3.05) is 22.9 Å². The lowest BCUT2D eigenvalue weighted by Crippen LogP contribution is -2.22. The molecule has 0 aliphatic carbocycles. The van der Waals surface area contributed by atoms with E-state index in [4.69, 9.17) is 4.74 Å². The minimum Gasteiger partial charge on any atom is -0.452 e. The zero-order chi connectivity index (χ0) is 19.4. The molecule has 0 spiro atoms. The Morgan fingerprint density at radius 3 is 2.59 bits per heavy atom. The molecular formula is C16H14N4O5S2.